The first-order valence-electron chi connectivity index (χ1n) is 6.73. The molecular weight excluding hydrogens is 352 g/mol. The normalized spacial score (nSPS) is 10.6. The van der Waals surface area contributed by atoms with Crippen LogP contribution in [0.15, 0.2) is 35.0 Å². The van der Waals surface area contributed by atoms with Crippen molar-refractivity contribution >= 4 is 45.9 Å². The number of nitrogens with one attached hydrogen (secondary N) is 1. The average molecular weight is 365 g/mol. The summed E-state index contributed by atoms with van der Waals surface area (Å²) in [5.41, 5.74) is 2.37. The van der Waals surface area contributed by atoms with Crippen molar-refractivity contribution in [1.29, 1.82) is 0 Å². The van der Waals surface area contributed by atoms with Crippen molar-refractivity contribution in [2.75, 3.05) is 12.4 Å². The summed E-state index contributed by atoms with van der Waals surface area (Å²) in [6.07, 6.45) is 0. The summed E-state index contributed by atoms with van der Waals surface area (Å²) in [7, 11) is 1.55. The molecule has 118 valence electrons. The van der Waals surface area contributed by atoms with Crippen LogP contribution in [0.1, 0.15) is 15.4 Å². The Labute approximate surface area is 146 Å². The lowest BCUT2D eigenvalue weighted by Gasteiger charge is -2.07. The summed E-state index contributed by atoms with van der Waals surface area (Å²) in [6.45, 7) is 1.84. The smallest absolute Gasteiger partial charge is 0.267 e. The molecule has 3 aromatic rings. The Morgan fingerprint density at radius 2 is 2.17 bits per heavy atom. The Hall–Kier alpha value is -1.89. The van der Waals surface area contributed by atoms with Crippen molar-refractivity contribution in [3.8, 4) is 16.3 Å². The number of aromatic nitrogens is 1. The molecule has 7 heteroatoms. The first-order valence-corrected chi connectivity index (χ1v) is 8.87. The van der Waals surface area contributed by atoms with Gasteiger partial charge < -0.3 is 10.1 Å². The second-order valence-electron chi connectivity index (χ2n) is 4.75. The minimum atomic E-state index is -0.192. The SMILES string of the molecule is COc1ccc(NC(=O)c2sc(-c3ccsc3)nc2C)cc1Cl. The molecule has 1 N–H and O–H groups in total. The van der Waals surface area contributed by atoms with Gasteiger partial charge in [0.25, 0.3) is 5.91 Å². The lowest BCUT2D eigenvalue weighted by molar-refractivity contribution is 0.103. The summed E-state index contributed by atoms with van der Waals surface area (Å²) in [4.78, 5) is 17.5. The number of hydrogen-bond donors (Lipinski definition) is 1. The number of aryl methyl sites for hydroxylation is 1. The number of nitrogens with zero attached hydrogens (tertiary/aromatic N) is 1. The van der Waals surface area contributed by atoms with Crippen molar-refractivity contribution in [2.45, 2.75) is 6.92 Å². The van der Waals surface area contributed by atoms with Gasteiger partial charge in [0.05, 0.1) is 17.8 Å². The van der Waals surface area contributed by atoms with E-state index in [1.54, 1.807) is 36.6 Å². The van der Waals surface area contributed by atoms with Gasteiger partial charge in [-0.1, -0.05) is 11.6 Å². The largest absolute Gasteiger partial charge is 0.495 e. The molecule has 0 atom stereocenters. The maximum Gasteiger partial charge on any atom is 0.267 e. The second-order valence-corrected chi connectivity index (χ2v) is 6.94. The molecule has 2 heterocycles. The quantitative estimate of drug-likeness (QED) is 0.701. The summed E-state index contributed by atoms with van der Waals surface area (Å²) >= 11 is 9.06. The number of anilines is 1. The van der Waals surface area contributed by atoms with Crippen molar-refractivity contribution in [3.05, 3.63) is 50.6 Å². The van der Waals surface area contributed by atoms with Crippen LogP contribution >= 0.6 is 34.3 Å². The molecule has 0 spiro atoms. The molecule has 0 radical (unpaired) electrons. The van der Waals surface area contributed by atoms with Crippen LogP contribution in [-0.2, 0) is 0 Å². The summed E-state index contributed by atoms with van der Waals surface area (Å²) in [6, 6.07) is 7.12. The Morgan fingerprint density at radius 1 is 1.35 bits per heavy atom. The second kappa shape index (κ2) is 6.70. The minimum Gasteiger partial charge on any atom is -0.495 e. The van der Waals surface area contributed by atoms with E-state index in [4.69, 9.17) is 16.3 Å². The molecule has 0 saturated heterocycles. The highest BCUT2D eigenvalue weighted by molar-refractivity contribution is 7.17. The van der Waals surface area contributed by atoms with Gasteiger partial charge in [-0.25, -0.2) is 4.98 Å². The van der Waals surface area contributed by atoms with E-state index in [9.17, 15) is 4.79 Å². The molecular formula is C16H13ClN2O2S2. The lowest BCUT2D eigenvalue weighted by Crippen LogP contribution is -2.11. The van der Waals surface area contributed by atoms with E-state index in [1.807, 2.05) is 23.8 Å². The molecule has 2 aromatic heterocycles. The number of benzene rings is 1. The van der Waals surface area contributed by atoms with Gasteiger partial charge in [0.2, 0.25) is 0 Å². The molecule has 0 aliphatic heterocycles. The highest BCUT2D eigenvalue weighted by Gasteiger charge is 2.17. The van der Waals surface area contributed by atoms with Crippen LogP contribution in [0.5, 0.6) is 5.75 Å². The molecule has 1 amide bonds. The van der Waals surface area contributed by atoms with E-state index in [2.05, 4.69) is 10.3 Å². The maximum absolute atomic E-state index is 12.5. The van der Waals surface area contributed by atoms with Gasteiger partial charge in [-0.2, -0.15) is 11.3 Å². The molecule has 23 heavy (non-hydrogen) atoms. The van der Waals surface area contributed by atoms with E-state index < -0.39 is 0 Å². The topological polar surface area (TPSA) is 51.2 Å². The zero-order chi connectivity index (χ0) is 16.4. The molecule has 0 saturated carbocycles. The van der Waals surface area contributed by atoms with Crippen molar-refractivity contribution in [2.24, 2.45) is 0 Å². The number of carbonyl (C=O) groups excluding carboxylic acids is 1. The Kier molecular flexibility index (Phi) is 4.66. The van der Waals surface area contributed by atoms with Gasteiger partial charge in [0.1, 0.15) is 15.6 Å². The third-order valence-corrected chi connectivity index (χ3v) is 5.36. The number of carbonyl (C=O) groups is 1. The van der Waals surface area contributed by atoms with Crippen LogP contribution in [0.3, 0.4) is 0 Å². The third kappa shape index (κ3) is 3.39. The van der Waals surface area contributed by atoms with Crippen LogP contribution < -0.4 is 10.1 Å². The van der Waals surface area contributed by atoms with E-state index >= 15 is 0 Å². The molecule has 3 rings (SSSR count). The number of halogens is 1. The van der Waals surface area contributed by atoms with Crippen LogP contribution in [0.25, 0.3) is 10.6 Å². The minimum absolute atomic E-state index is 0.192. The van der Waals surface area contributed by atoms with Gasteiger partial charge in [-0.15, -0.1) is 11.3 Å². The number of hydrogen-bond acceptors (Lipinski definition) is 5. The van der Waals surface area contributed by atoms with Crippen molar-refractivity contribution in [3.63, 3.8) is 0 Å². The van der Waals surface area contributed by atoms with E-state index in [-0.39, 0.29) is 5.91 Å². The number of thiophene rings is 1. The monoisotopic (exact) mass is 364 g/mol. The van der Waals surface area contributed by atoms with Gasteiger partial charge >= 0.3 is 0 Å². The third-order valence-electron chi connectivity index (χ3n) is 3.18. The van der Waals surface area contributed by atoms with Crippen LogP contribution in [0.4, 0.5) is 5.69 Å². The number of ether oxygens (including phenoxy) is 1. The van der Waals surface area contributed by atoms with Crippen molar-refractivity contribution in [1.82, 2.24) is 4.98 Å². The van der Waals surface area contributed by atoms with Gasteiger partial charge in [-0.3, -0.25) is 4.79 Å². The first-order chi connectivity index (χ1) is 11.1. The summed E-state index contributed by atoms with van der Waals surface area (Å²) in [5, 5.41) is 8.15. The fraction of sp³-hybridized carbons (Fsp3) is 0.125. The van der Waals surface area contributed by atoms with E-state index in [0.29, 0.717) is 27.0 Å². The Morgan fingerprint density at radius 3 is 2.83 bits per heavy atom. The predicted molar refractivity (Wildman–Crippen MR) is 96.1 cm³/mol. The fourth-order valence-corrected chi connectivity index (χ4v) is 3.98. The van der Waals surface area contributed by atoms with Crippen LogP contribution in [0.2, 0.25) is 5.02 Å². The molecule has 4 nitrogen and oxygen atoms in total. The molecule has 0 aliphatic rings. The Bertz CT molecular complexity index is 844. The molecule has 1 aromatic carbocycles. The van der Waals surface area contributed by atoms with Gasteiger partial charge in [0, 0.05) is 16.6 Å². The Balaban J connectivity index is 1.82. The van der Waals surface area contributed by atoms with Crippen molar-refractivity contribution < 1.29 is 9.53 Å². The zero-order valence-electron chi connectivity index (χ0n) is 12.4. The van der Waals surface area contributed by atoms with Gasteiger partial charge in [-0.05, 0) is 36.6 Å². The maximum atomic E-state index is 12.5. The summed E-state index contributed by atoms with van der Waals surface area (Å²) in [5.74, 6) is 0.376. The highest BCUT2D eigenvalue weighted by Crippen LogP contribution is 2.31. The zero-order valence-corrected chi connectivity index (χ0v) is 14.8. The molecule has 0 unspecified atom stereocenters. The fourth-order valence-electron chi connectivity index (χ4n) is 2.05. The average Bonchev–Trinajstić information content (AvgIpc) is 3.16. The number of rotatable bonds is 4. The predicted octanol–water partition coefficient (Wildman–Crippen LogP) is 5.09. The standard InChI is InChI=1S/C16H13ClN2O2S2/c1-9-14(23-16(18-9)10-5-6-22-8-10)15(20)19-11-3-4-13(21-2)12(17)7-11/h3-8H,1-2H3,(H,19,20). The summed E-state index contributed by atoms with van der Waals surface area (Å²) < 4.78 is 5.10. The molecule has 0 fully saturated rings. The first kappa shape index (κ1) is 16.0. The molecule has 0 bridgehead atoms. The van der Waals surface area contributed by atoms with E-state index in [0.717, 1.165) is 10.6 Å². The van der Waals surface area contributed by atoms with Gasteiger partial charge in [0.15, 0.2) is 0 Å². The number of thiazole rings is 1. The lowest BCUT2D eigenvalue weighted by atomic mass is 10.3. The highest BCUT2D eigenvalue weighted by atomic mass is 35.5. The number of amides is 1. The van der Waals surface area contributed by atoms with Crippen LogP contribution in [0, 0.1) is 6.92 Å². The molecule has 0 aliphatic carbocycles. The van der Waals surface area contributed by atoms with E-state index in [1.165, 1.54) is 11.3 Å². The number of methoxy groups -OCH3 is 1. The van der Waals surface area contributed by atoms with Crippen LogP contribution in [-0.4, -0.2) is 18.0 Å².